The number of hydrogen-bond acceptors (Lipinski definition) is 2. The van der Waals surface area contributed by atoms with E-state index in [2.05, 4.69) is 12.1 Å². The summed E-state index contributed by atoms with van der Waals surface area (Å²) in [4.78, 5) is 12.2. The van der Waals surface area contributed by atoms with Crippen LogP contribution in [0.5, 0.6) is 0 Å². The molecule has 0 aliphatic rings. The predicted molar refractivity (Wildman–Crippen MR) is 85.4 cm³/mol. The van der Waals surface area contributed by atoms with Crippen molar-refractivity contribution in [1.29, 1.82) is 0 Å². The Morgan fingerprint density at radius 3 is 2.27 bits per heavy atom. The van der Waals surface area contributed by atoms with Gasteiger partial charge in [-0.3, -0.25) is 4.79 Å². The summed E-state index contributed by atoms with van der Waals surface area (Å²) in [6, 6.07) is 21.7. The summed E-state index contributed by atoms with van der Waals surface area (Å²) in [7, 11) is 0. The fourth-order valence-electron chi connectivity index (χ4n) is 2.37. The number of rotatable bonds is 6. The third-order valence-corrected chi connectivity index (χ3v) is 3.57. The second kappa shape index (κ2) is 6.87. The second-order valence-electron chi connectivity index (χ2n) is 5.14. The summed E-state index contributed by atoms with van der Waals surface area (Å²) in [6.07, 6.45) is 1.65. The smallest absolute Gasteiger partial charge is 0.216 e. The highest BCUT2D eigenvalue weighted by atomic mass is 16.3. The molecule has 2 N–H and O–H groups in total. The van der Waals surface area contributed by atoms with Gasteiger partial charge in [-0.2, -0.15) is 0 Å². The van der Waals surface area contributed by atoms with Gasteiger partial charge in [-0.15, -0.1) is 0 Å². The number of nitrogens with two attached hydrogens (primary N) is 1. The van der Waals surface area contributed by atoms with Crippen molar-refractivity contribution in [3.05, 3.63) is 84.3 Å². The van der Waals surface area contributed by atoms with Crippen LogP contribution in [0.3, 0.4) is 0 Å². The van der Waals surface area contributed by atoms with Crippen molar-refractivity contribution in [3.8, 4) is 11.1 Å². The number of ketones is 1. The number of carbonyl (C=O) groups is 1. The Balaban J connectivity index is 1.59. The number of carbonyl (C=O) groups excluding carboxylic acids is 1. The van der Waals surface area contributed by atoms with Crippen LogP contribution in [0.4, 0.5) is 0 Å². The number of quaternary nitrogens is 1. The largest absolute Gasteiger partial charge is 0.463 e. The molecule has 1 aromatic heterocycles. The molecular formula is C19H18NO2+. The van der Waals surface area contributed by atoms with E-state index in [0.29, 0.717) is 13.1 Å². The molecule has 1 heterocycles. The van der Waals surface area contributed by atoms with Gasteiger partial charge < -0.3 is 9.73 Å². The molecule has 0 bridgehead atoms. The van der Waals surface area contributed by atoms with Crippen molar-refractivity contribution < 1.29 is 14.5 Å². The maximum absolute atomic E-state index is 12.2. The molecule has 0 atom stereocenters. The zero-order chi connectivity index (χ0) is 15.2. The van der Waals surface area contributed by atoms with Crippen molar-refractivity contribution >= 4 is 5.78 Å². The molecule has 110 valence electrons. The molecule has 2 aromatic carbocycles. The van der Waals surface area contributed by atoms with Crippen LogP contribution in [0, 0.1) is 0 Å². The Bertz CT molecular complexity index is 716. The predicted octanol–water partition coefficient (Wildman–Crippen LogP) is 2.89. The van der Waals surface area contributed by atoms with Gasteiger partial charge in [-0.05, 0) is 23.3 Å². The zero-order valence-electron chi connectivity index (χ0n) is 12.2. The summed E-state index contributed by atoms with van der Waals surface area (Å²) < 4.78 is 5.24. The Labute approximate surface area is 129 Å². The van der Waals surface area contributed by atoms with E-state index < -0.39 is 0 Å². The standard InChI is InChI=1S/C19H17NO2/c21-19(14-20-13-18-7-4-12-22-18)17-10-8-16(9-11-17)15-5-2-1-3-6-15/h1-12,20H,13-14H2/p+1. The van der Waals surface area contributed by atoms with E-state index in [0.717, 1.165) is 22.5 Å². The molecule has 3 rings (SSSR count). The van der Waals surface area contributed by atoms with Crippen LogP contribution in [-0.4, -0.2) is 12.3 Å². The van der Waals surface area contributed by atoms with Crippen molar-refractivity contribution in [2.24, 2.45) is 0 Å². The van der Waals surface area contributed by atoms with E-state index in [4.69, 9.17) is 4.42 Å². The van der Waals surface area contributed by atoms with Crippen molar-refractivity contribution in [2.75, 3.05) is 6.54 Å². The first-order chi connectivity index (χ1) is 10.8. The van der Waals surface area contributed by atoms with Gasteiger partial charge in [0.25, 0.3) is 0 Å². The molecule has 3 nitrogen and oxygen atoms in total. The van der Waals surface area contributed by atoms with Crippen LogP contribution < -0.4 is 5.32 Å². The fraction of sp³-hybridized carbons (Fsp3) is 0.105. The fourth-order valence-corrected chi connectivity index (χ4v) is 2.37. The summed E-state index contributed by atoms with van der Waals surface area (Å²) in [5.74, 6) is 1.01. The molecule has 0 fully saturated rings. The van der Waals surface area contributed by atoms with Gasteiger partial charge in [0.15, 0.2) is 5.76 Å². The van der Waals surface area contributed by atoms with Gasteiger partial charge in [0, 0.05) is 5.56 Å². The van der Waals surface area contributed by atoms with Crippen LogP contribution in [0.25, 0.3) is 11.1 Å². The van der Waals surface area contributed by atoms with Crippen LogP contribution in [0.15, 0.2) is 77.4 Å². The molecule has 0 saturated carbocycles. The van der Waals surface area contributed by atoms with Crippen molar-refractivity contribution in [1.82, 2.24) is 0 Å². The Morgan fingerprint density at radius 1 is 0.864 bits per heavy atom. The van der Waals surface area contributed by atoms with E-state index in [1.54, 1.807) is 6.26 Å². The van der Waals surface area contributed by atoms with Crippen LogP contribution >= 0.6 is 0 Å². The third kappa shape index (κ3) is 3.51. The molecular weight excluding hydrogens is 274 g/mol. The minimum atomic E-state index is 0.131. The molecule has 0 aliphatic heterocycles. The first-order valence-electron chi connectivity index (χ1n) is 7.35. The molecule has 3 aromatic rings. The average Bonchev–Trinajstić information content (AvgIpc) is 3.09. The second-order valence-corrected chi connectivity index (χ2v) is 5.14. The average molecular weight is 292 g/mol. The minimum absolute atomic E-state index is 0.131. The molecule has 0 unspecified atom stereocenters. The number of Topliss-reactive ketones (excluding diaryl/α,β-unsaturated/α-hetero) is 1. The minimum Gasteiger partial charge on any atom is -0.463 e. The van der Waals surface area contributed by atoms with Gasteiger partial charge in [0.1, 0.15) is 13.1 Å². The van der Waals surface area contributed by atoms with Crippen LogP contribution in [0.2, 0.25) is 0 Å². The monoisotopic (exact) mass is 292 g/mol. The van der Waals surface area contributed by atoms with Crippen LogP contribution in [-0.2, 0) is 6.54 Å². The lowest BCUT2D eigenvalue weighted by Crippen LogP contribution is -2.84. The summed E-state index contributed by atoms with van der Waals surface area (Å²) >= 11 is 0. The summed E-state index contributed by atoms with van der Waals surface area (Å²) in [5, 5.41) is 1.95. The van der Waals surface area contributed by atoms with Gasteiger partial charge in [0.2, 0.25) is 5.78 Å². The van der Waals surface area contributed by atoms with Gasteiger partial charge >= 0.3 is 0 Å². The molecule has 3 heteroatoms. The van der Waals surface area contributed by atoms with Crippen molar-refractivity contribution in [2.45, 2.75) is 6.54 Å². The SMILES string of the molecule is O=C(C[NH2+]Cc1ccco1)c1ccc(-c2ccccc2)cc1. The van der Waals surface area contributed by atoms with E-state index in [1.165, 1.54) is 0 Å². The molecule has 0 saturated heterocycles. The van der Waals surface area contributed by atoms with Gasteiger partial charge in [-0.1, -0.05) is 54.6 Å². The Kier molecular flexibility index (Phi) is 4.47. The quantitative estimate of drug-likeness (QED) is 0.710. The highest BCUT2D eigenvalue weighted by Gasteiger charge is 2.09. The molecule has 0 spiro atoms. The summed E-state index contributed by atoms with van der Waals surface area (Å²) in [6.45, 7) is 1.10. The van der Waals surface area contributed by atoms with Crippen LogP contribution in [0.1, 0.15) is 16.1 Å². The van der Waals surface area contributed by atoms with E-state index in [-0.39, 0.29) is 5.78 Å². The lowest BCUT2D eigenvalue weighted by atomic mass is 10.0. The molecule has 0 aliphatic carbocycles. The maximum atomic E-state index is 12.2. The lowest BCUT2D eigenvalue weighted by Gasteiger charge is -2.04. The first-order valence-corrected chi connectivity index (χ1v) is 7.35. The van der Waals surface area contributed by atoms with E-state index in [1.807, 2.05) is 59.9 Å². The highest BCUT2D eigenvalue weighted by molar-refractivity contribution is 5.97. The van der Waals surface area contributed by atoms with E-state index >= 15 is 0 Å². The molecule has 0 radical (unpaired) electrons. The van der Waals surface area contributed by atoms with Gasteiger partial charge in [0.05, 0.1) is 6.26 Å². The highest BCUT2D eigenvalue weighted by Crippen LogP contribution is 2.19. The van der Waals surface area contributed by atoms with E-state index in [9.17, 15) is 4.79 Å². The summed E-state index contributed by atoms with van der Waals surface area (Å²) in [5.41, 5.74) is 3.03. The molecule has 0 amide bonds. The normalized spacial score (nSPS) is 10.5. The Hall–Kier alpha value is -2.65. The Morgan fingerprint density at radius 2 is 1.59 bits per heavy atom. The lowest BCUT2D eigenvalue weighted by molar-refractivity contribution is -0.660. The first kappa shape index (κ1) is 14.3. The number of furan rings is 1. The third-order valence-electron chi connectivity index (χ3n) is 3.57. The van der Waals surface area contributed by atoms with Gasteiger partial charge in [-0.25, -0.2) is 0 Å². The molecule has 22 heavy (non-hydrogen) atoms. The number of hydrogen-bond donors (Lipinski definition) is 1. The number of benzene rings is 2. The zero-order valence-corrected chi connectivity index (χ0v) is 12.2. The van der Waals surface area contributed by atoms with Crippen molar-refractivity contribution in [3.63, 3.8) is 0 Å². The topological polar surface area (TPSA) is 46.8 Å². The maximum Gasteiger partial charge on any atom is 0.216 e.